The van der Waals surface area contributed by atoms with Crippen LogP contribution in [0.3, 0.4) is 0 Å². The summed E-state index contributed by atoms with van der Waals surface area (Å²) in [5, 5.41) is 0. The largest absolute Gasteiger partial charge is 0.330 e. The molecule has 3 heteroatoms. The second-order valence-corrected chi connectivity index (χ2v) is 14.9. The summed E-state index contributed by atoms with van der Waals surface area (Å²) in [7, 11) is -1.30. The Morgan fingerprint density at radius 2 is 0.783 bits per heavy atom. The molecule has 0 fully saturated rings. The van der Waals surface area contributed by atoms with Crippen molar-refractivity contribution < 1.29 is 0 Å². The molecular weight excluding hydrogens is 318 g/mol. The monoisotopic (exact) mass is 361 g/mol. The van der Waals surface area contributed by atoms with Crippen molar-refractivity contribution in [3.05, 3.63) is 0 Å². The molecule has 0 radical (unpaired) electrons. The van der Waals surface area contributed by atoms with E-state index in [2.05, 4.69) is 13.1 Å². The van der Waals surface area contributed by atoms with Crippen molar-refractivity contribution in [3.8, 4) is 0 Å². The molecule has 0 spiro atoms. The van der Waals surface area contributed by atoms with Crippen LogP contribution < -0.4 is 5.73 Å². The molecule has 0 rings (SSSR count). The number of hydrogen-bond acceptors (Lipinski definition) is 1. The highest BCUT2D eigenvalue weighted by Crippen LogP contribution is 2.19. The van der Waals surface area contributed by atoms with E-state index in [0.717, 1.165) is 6.54 Å². The van der Waals surface area contributed by atoms with E-state index in [0.29, 0.717) is 0 Å². The SMILES string of the molecule is C[Si](C)(Cl)CCCCCCCCCCCCCCCCCCN. The highest BCUT2D eigenvalue weighted by Gasteiger charge is 2.15. The maximum atomic E-state index is 6.34. The van der Waals surface area contributed by atoms with Gasteiger partial charge in [-0.2, -0.15) is 11.1 Å². The lowest BCUT2D eigenvalue weighted by molar-refractivity contribution is 0.530. The fourth-order valence-corrected chi connectivity index (χ4v) is 4.66. The zero-order chi connectivity index (χ0) is 17.2. The topological polar surface area (TPSA) is 26.0 Å². The Hall–Kier alpha value is 0.467. The van der Waals surface area contributed by atoms with Crippen LogP contribution in [-0.4, -0.2) is 13.9 Å². The molecule has 0 amide bonds. The van der Waals surface area contributed by atoms with Gasteiger partial charge in [-0.15, -0.1) is 0 Å². The Morgan fingerprint density at radius 3 is 1.04 bits per heavy atom. The number of nitrogens with two attached hydrogens (primary N) is 1. The van der Waals surface area contributed by atoms with Crippen LogP contribution in [0, 0.1) is 0 Å². The second-order valence-electron chi connectivity index (χ2n) is 7.91. The van der Waals surface area contributed by atoms with Crippen LogP contribution in [0.5, 0.6) is 0 Å². The van der Waals surface area contributed by atoms with Crippen molar-refractivity contribution in [2.45, 2.75) is 122 Å². The van der Waals surface area contributed by atoms with Gasteiger partial charge in [0.25, 0.3) is 0 Å². The molecule has 2 N–H and O–H groups in total. The predicted molar refractivity (Wildman–Crippen MR) is 111 cm³/mol. The molecule has 0 saturated carbocycles. The number of rotatable bonds is 18. The smallest absolute Gasteiger partial charge is 0.150 e. The van der Waals surface area contributed by atoms with Gasteiger partial charge in [-0.05, 0) is 19.0 Å². The number of hydrogen-bond donors (Lipinski definition) is 1. The second kappa shape index (κ2) is 17.3. The molecule has 0 aromatic carbocycles. The van der Waals surface area contributed by atoms with Crippen LogP contribution in [0.25, 0.3) is 0 Å². The molecular formula is C20H44ClNSi. The average molecular weight is 362 g/mol. The summed E-state index contributed by atoms with van der Waals surface area (Å²) in [6.07, 6.45) is 22.6. The van der Waals surface area contributed by atoms with E-state index in [-0.39, 0.29) is 0 Å². The summed E-state index contributed by atoms with van der Waals surface area (Å²) in [5.41, 5.74) is 5.50. The van der Waals surface area contributed by atoms with E-state index in [4.69, 9.17) is 16.8 Å². The molecule has 0 atom stereocenters. The van der Waals surface area contributed by atoms with E-state index in [1.165, 1.54) is 109 Å². The molecule has 1 nitrogen and oxygen atoms in total. The van der Waals surface area contributed by atoms with Crippen molar-refractivity contribution in [2.75, 3.05) is 6.54 Å². The predicted octanol–water partition coefficient (Wildman–Crippen LogP) is 7.63. The normalized spacial score (nSPS) is 12.0. The summed E-state index contributed by atoms with van der Waals surface area (Å²) >= 11 is 6.34. The van der Waals surface area contributed by atoms with Gasteiger partial charge in [-0.3, -0.25) is 0 Å². The van der Waals surface area contributed by atoms with Gasteiger partial charge >= 0.3 is 0 Å². The first-order valence-corrected chi connectivity index (χ1v) is 14.7. The average Bonchev–Trinajstić information content (AvgIpc) is 2.49. The van der Waals surface area contributed by atoms with E-state index in [1.54, 1.807) is 0 Å². The molecule has 140 valence electrons. The van der Waals surface area contributed by atoms with Crippen molar-refractivity contribution >= 4 is 18.5 Å². The lowest BCUT2D eigenvalue weighted by Crippen LogP contribution is -2.14. The Balaban J connectivity index is 3.00. The quantitative estimate of drug-likeness (QED) is 0.151. The molecule has 23 heavy (non-hydrogen) atoms. The van der Waals surface area contributed by atoms with Gasteiger partial charge in [-0.1, -0.05) is 109 Å². The molecule has 0 unspecified atom stereocenters. The summed E-state index contributed by atoms with van der Waals surface area (Å²) in [6, 6.07) is 1.29. The Labute approximate surface area is 152 Å². The summed E-state index contributed by atoms with van der Waals surface area (Å²) in [4.78, 5) is 0. The van der Waals surface area contributed by atoms with Crippen LogP contribution in [0.2, 0.25) is 19.1 Å². The van der Waals surface area contributed by atoms with Crippen molar-refractivity contribution in [1.29, 1.82) is 0 Å². The third-order valence-electron chi connectivity index (χ3n) is 4.73. The lowest BCUT2D eigenvalue weighted by atomic mass is 10.0. The zero-order valence-electron chi connectivity index (χ0n) is 16.2. The minimum absolute atomic E-state index is 0.868. The van der Waals surface area contributed by atoms with Gasteiger partial charge in [0.2, 0.25) is 0 Å². The van der Waals surface area contributed by atoms with Gasteiger partial charge in [0.15, 0.2) is 0 Å². The third kappa shape index (κ3) is 22.5. The molecule has 0 aliphatic carbocycles. The van der Waals surface area contributed by atoms with Crippen LogP contribution in [0.1, 0.15) is 103 Å². The summed E-state index contributed by atoms with van der Waals surface area (Å²) in [5.74, 6) is 0. The van der Waals surface area contributed by atoms with E-state index < -0.39 is 7.38 Å². The first-order valence-electron chi connectivity index (χ1n) is 10.5. The van der Waals surface area contributed by atoms with E-state index >= 15 is 0 Å². The molecule has 0 heterocycles. The number of halogens is 1. The highest BCUT2D eigenvalue weighted by molar-refractivity contribution is 7.19. The van der Waals surface area contributed by atoms with Crippen LogP contribution in [-0.2, 0) is 0 Å². The molecule has 0 aliphatic heterocycles. The highest BCUT2D eigenvalue weighted by atomic mass is 35.6. The van der Waals surface area contributed by atoms with Gasteiger partial charge in [-0.25, -0.2) is 0 Å². The Morgan fingerprint density at radius 1 is 0.522 bits per heavy atom. The Bertz CT molecular complexity index is 228. The zero-order valence-corrected chi connectivity index (χ0v) is 17.9. The first-order chi connectivity index (χ1) is 11.1. The molecule has 0 aliphatic rings. The van der Waals surface area contributed by atoms with Gasteiger partial charge in [0.1, 0.15) is 7.38 Å². The number of unbranched alkanes of at least 4 members (excludes halogenated alkanes) is 15. The molecule has 0 bridgehead atoms. The first kappa shape index (κ1) is 23.5. The van der Waals surface area contributed by atoms with Gasteiger partial charge in [0.05, 0.1) is 0 Å². The maximum Gasteiger partial charge on any atom is 0.150 e. The van der Waals surface area contributed by atoms with Crippen LogP contribution in [0.4, 0.5) is 0 Å². The van der Waals surface area contributed by atoms with Gasteiger partial charge < -0.3 is 5.73 Å². The van der Waals surface area contributed by atoms with Gasteiger partial charge in [0, 0.05) is 0 Å². The van der Waals surface area contributed by atoms with E-state index in [1.807, 2.05) is 0 Å². The Kier molecular flexibility index (Phi) is 17.6. The maximum absolute atomic E-state index is 6.34. The lowest BCUT2D eigenvalue weighted by Gasteiger charge is -2.11. The minimum Gasteiger partial charge on any atom is -0.330 e. The minimum atomic E-state index is -1.30. The summed E-state index contributed by atoms with van der Waals surface area (Å²) < 4.78 is 0. The van der Waals surface area contributed by atoms with E-state index in [9.17, 15) is 0 Å². The fourth-order valence-electron chi connectivity index (χ4n) is 3.16. The molecule has 0 saturated heterocycles. The molecule has 0 aromatic rings. The molecule has 0 aromatic heterocycles. The van der Waals surface area contributed by atoms with Crippen LogP contribution >= 0.6 is 11.1 Å². The van der Waals surface area contributed by atoms with Crippen molar-refractivity contribution in [3.63, 3.8) is 0 Å². The van der Waals surface area contributed by atoms with Crippen molar-refractivity contribution in [1.82, 2.24) is 0 Å². The fraction of sp³-hybridized carbons (Fsp3) is 1.00. The standard InChI is InChI=1S/C20H44ClNSi/c1-23(2,21)20-18-16-14-12-10-8-6-4-3-5-7-9-11-13-15-17-19-22/h3-20,22H2,1-2H3. The third-order valence-corrected chi connectivity index (χ3v) is 6.83. The summed E-state index contributed by atoms with van der Waals surface area (Å²) in [6.45, 7) is 5.39. The van der Waals surface area contributed by atoms with Crippen molar-refractivity contribution in [2.24, 2.45) is 5.73 Å². The van der Waals surface area contributed by atoms with Crippen LogP contribution in [0.15, 0.2) is 0 Å².